The molecule has 2 aromatic rings. The molecule has 0 spiro atoms. The lowest BCUT2D eigenvalue weighted by atomic mass is 10.0. The average Bonchev–Trinajstić information content (AvgIpc) is 2.46. The second kappa shape index (κ2) is 5.96. The highest BCUT2D eigenvalue weighted by Gasteiger charge is 1.95. The summed E-state index contributed by atoms with van der Waals surface area (Å²) in [6.07, 6.45) is 7.56. The van der Waals surface area contributed by atoms with Crippen LogP contribution >= 0.6 is 0 Å². The molecule has 0 saturated heterocycles. The molecule has 19 heavy (non-hydrogen) atoms. The summed E-state index contributed by atoms with van der Waals surface area (Å²) < 4.78 is 12.8. The predicted molar refractivity (Wildman–Crippen MR) is 82.0 cm³/mol. The van der Waals surface area contributed by atoms with E-state index < -0.39 is 0 Å². The van der Waals surface area contributed by atoms with Crippen molar-refractivity contribution in [1.29, 1.82) is 0 Å². The molecule has 0 aliphatic carbocycles. The van der Waals surface area contributed by atoms with Gasteiger partial charge in [-0.25, -0.2) is 4.39 Å². The highest BCUT2D eigenvalue weighted by molar-refractivity contribution is 5.72. The van der Waals surface area contributed by atoms with E-state index in [4.69, 9.17) is 0 Å². The van der Waals surface area contributed by atoms with Gasteiger partial charge in [-0.05, 0) is 52.6 Å². The van der Waals surface area contributed by atoms with Crippen LogP contribution in [0.5, 0.6) is 0 Å². The molecular formula is C18H15F. The lowest BCUT2D eigenvalue weighted by molar-refractivity contribution is 0.628. The maximum Gasteiger partial charge on any atom is 0.123 e. The summed E-state index contributed by atoms with van der Waals surface area (Å²) in [5.74, 6) is -0.222. The van der Waals surface area contributed by atoms with Gasteiger partial charge < -0.3 is 0 Å². The van der Waals surface area contributed by atoms with Gasteiger partial charge in [0, 0.05) is 0 Å². The molecule has 0 atom stereocenters. The highest BCUT2D eigenvalue weighted by atomic mass is 19.1. The van der Waals surface area contributed by atoms with Crippen molar-refractivity contribution in [2.24, 2.45) is 0 Å². The van der Waals surface area contributed by atoms with Crippen molar-refractivity contribution in [1.82, 2.24) is 0 Å². The third-order valence-corrected chi connectivity index (χ3v) is 2.81. The molecule has 1 heteroatoms. The van der Waals surface area contributed by atoms with Crippen LogP contribution in [0.2, 0.25) is 0 Å². The molecule has 0 bridgehead atoms. The molecule has 0 saturated carbocycles. The van der Waals surface area contributed by atoms with Gasteiger partial charge >= 0.3 is 0 Å². The predicted octanol–water partition coefficient (Wildman–Crippen LogP) is 5.28. The van der Waals surface area contributed by atoms with E-state index in [2.05, 4.69) is 13.2 Å². The molecule has 0 amide bonds. The Kier molecular flexibility index (Phi) is 4.09. The lowest BCUT2D eigenvalue weighted by Crippen LogP contribution is -1.80. The van der Waals surface area contributed by atoms with Crippen LogP contribution in [0.3, 0.4) is 0 Å². The summed E-state index contributed by atoms with van der Waals surface area (Å²) in [5.41, 5.74) is 4.13. The third-order valence-electron chi connectivity index (χ3n) is 2.81. The normalized spacial score (nSPS) is 10.6. The Labute approximate surface area is 113 Å². The van der Waals surface area contributed by atoms with Crippen molar-refractivity contribution in [3.8, 4) is 0 Å². The largest absolute Gasteiger partial charge is 0.207 e. The minimum Gasteiger partial charge on any atom is -0.207 e. The molecule has 0 aliphatic rings. The molecule has 0 aliphatic heterocycles. The molecule has 2 aromatic carbocycles. The van der Waals surface area contributed by atoms with Crippen LogP contribution in [-0.2, 0) is 0 Å². The van der Waals surface area contributed by atoms with E-state index >= 15 is 0 Å². The van der Waals surface area contributed by atoms with Crippen molar-refractivity contribution in [3.63, 3.8) is 0 Å². The first-order valence-corrected chi connectivity index (χ1v) is 6.05. The number of benzene rings is 2. The van der Waals surface area contributed by atoms with Gasteiger partial charge in [0.25, 0.3) is 0 Å². The Hall–Kier alpha value is -2.41. The Morgan fingerprint density at radius 2 is 1.16 bits per heavy atom. The van der Waals surface area contributed by atoms with E-state index in [9.17, 15) is 4.39 Å². The minimum atomic E-state index is -0.222. The zero-order valence-electron chi connectivity index (χ0n) is 10.6. The monoisotopic (exact) mass is 250 g/mol. The summed E-state index contributed by atoms with van der Waals surface area (Å²) in [6, 6.07) is 12.5. The zero-order chi connectivity index (χ0) is 13.7. The Bertz CT molecular complexity index is 592. The fraction of sp³-hybridized carbons (Fsp3) is 0. The van der Waals surface area contributed by atoms with Crippen LogP contribution < -0.4 is 0 Å². The van der Waals surface area contributed by atoms with Gasteiger partial charge in [0.05, 0.1) is 0 Å². The summed E-state index contributed by atoms with van der Waals surface area (Å²) in [6.45, 7) is 7.55. The summed E-state index contributed by atoms with van der Waals surface area (Å²) in [7, 11) is 0. The summed E-state index contributed by atoms with van der Waals surface area (Å²) >= 11 is 0. The average molecular weight is 250 g/mol. The van der Waals surface area contributed by atoms with Gasteiger partial charge in [-0.15, -0.1) is 0 Å². The zero-order valence-corrected chi connectivity index (χ0v) is 10.6. The van der Waals surface area contributed by atoms with E-state index in [0.29, 0.717) is 0 Å². The first kappa shape index (κ1) is 13.0. The van der Waals surface area contributed by atoms with E-state index in [1.807, 2.05) is 42.5 Å². The smallest absolute Gasteiger partial charge is 0.123 e. The Morgan fingerprint density at radius 1 is 0.684 bits per heavy atom. The van der Waals surface area contributed by atoms with Gasteiger partial charge in [0.2, 0.25) is 0 Å². The van der Waals surface area contributed by atoms with Gasteiger partial charge in [-0.1, -0.05) is 49.6 Å². The van der Waals surface area contributed by atoms with Gasteiger partial charge in [0.15, 0.2) is 0 Å². The fourth-order valence-corrected chi connectivity index (χ4v) is 1.80. The molecule has 0 fully saturated rings. The molecule has 0 radical (unpaired) electrons. The molecule has 0 unspecified atom stereocenters. The highest BCUT2D eigenvalue weighted by Crippen LogP contribution is 2.15. The SMILES string of the molecule is C=Cc1cc(C=C)cc(/C=C/c2ccc(F)cc2)c1. The van der Waals surface area contributed by atoms with Crippen molar-refractivity contribution in [2.45, 2.75) is 0 Å². The third kappa shape index (κ3) is 3.52. The van der Waals surface area contributed by atoms with Gasteiger partial charge in [-0.2, -0.15) is 0 Å². The van der Waals surface area contributed by atoms with Gasteiger partial charge in [-0.3, -0.25) is 0 Å². The number of hydrogen-bond donors (Lipinski definition) is 0. The van der Waals surface area contributed by atoms with Gasteiger partial charge in [0.1, 0.15) is 5.82 Å². The Morgan fingerprint density at radius 3 is 1.68 bits per heavy atom. The van der Waals surface area contributed by atoms with Crippen LogP contribution in [0, 0.1) is 5.82 Å². The summed E-state index contributed by atoms with van der Waals surface area (Å²) in [4.78, 5) is 0. The Balaban J connectivity index is 2.29. The van der Waals surface area contributed by atoms with Crippen LogP contribution in [0.25, 0.3) is 24.3 Å². The minimum absolute atomic E-state index is 0.222. The first-order chi connectivity index (χ1) is 9.21. The van der Waals surface area contributed by atoms with Crippen LogP contribution in [0.4, 0.5) is 4.39 Å². The summed E-state index contributed by atoms with van der Waals surface area (Å²) in [5, 5.41) is 0. The molecule has 0 nitrogen and oxygen atoms in total. The second-order valence-electron chi connectivity index (χ2n) is 4.23. The number of rotatable bonds is 4. The molecular weight excluding hydrogens is 235 g/mol. The molecule has 94 valence electrons. The van der Waals surface area contributed by atoms with Crippen molar-refractivity contribution in [3.05, 3.63) is 83.7 Å². The van der Waals surface area contributed by atoms with Crippen molar-refractivity contribution in [2.75, 3.05) is 0 Å². The standard InChI is InChI=1S/C18H15F/c1-3-14-11-15(4-2)13-17(12-14)6-5-16-7-9-18(19)10-8-16/h3-13H,1-2H2/b6-5+. The maximum absolute atomic E-state index is 12.8. The quantitative estimate of drug-likeness (QED) is 0.647. The maximum atomic E-state index is 12.8. The van der Waals surface area contributed by atoms with Crippen LogP contribution in [0.15, 0.2) is 55.6 Å². The topological polar surface area (TPSA) is 0 Å². The molecule has 0 N–H and O–H groups in total. The van der Waals surface area contributed by atoms with E-state index in [0.717, 1.165) is 22.3 Å². The lowest BCUT2D eigenvalue weighted by Gasteiger charge is -2.01. The van der Waals surface area contributed by atoms with Crippen LogP contribution in [-0.4, -0.2) is 0 Å². The molecule has 2 rings (SSSR count). The second-order valence-corrected chi connectivity index (χ2v) is 4.23. The van der Waals surface area contributed by atoms with Crippen LogP contribution in [0.1, 0.15) is 22.3 Å². The van der Waals surface area contributed by atoms with E-state index in [1.165, 1.54) is 12.1 Å². The first-order valence-electron chi connectivity index (χ1n) is 6.05. The molecule has 0 aromatic heterocycles. The van der Waals surface area contributed by atoms with E-state index in [-0.39, 0.29) is 5.82 Å². The number of hydrogen-bond acceptors (Lipinski definition) is 0. The van der Waals surface area contributed by atoms with Crippen molar-refractivity contribution < 1.29 is 4.39 Å². The van der Waals surface area contributed by atoms with Crippen molar-refractivity contribution >= 4 is 24.3 Å². The fourth-order valence-electron chi connectivity index (χ4n) is 1.80. The number of halogens is 1. The molecule has 0 heterocycles. The van der Waals surface area contributed by atoms with E-state index in [1.54, 1.807) is 12.1 Å².